The first kappa shape index (κ1) is 16.1. The standard InChI is InChI=1S/C15H19N7O2/c16-19-14-13(22(23)24)15(18-11-17-14)21-8-6-20(7-9-21)10-12-4-2-1-3-5-12/h1-5,11H,6-10,16H2,(H,17,18,19). The van der Waals surface area contributed by atoms with Crippen molar-refractivity contribution in [3.8, 4) is 0 Å². The molecule has 0 radical (unpaired) electrons. The number of hydrazine groups is 1. The average molecular weight is 329 g/mol. The summed E-state index contributed by atoms with van der Waals surface area (Å²) in [4.78, 5) is 23.0. The van der Waals surface area contributed by atoms with Gasteiger partial charge >= 0.3 is 5.69 Å². The molecule has 0 bridgehead atoms. The van der Waals surface area contributed by atoms with E-state index >= 15 is 0 Å². The smallest absolute Gasteiger partial charge is 0.348 e. The second-order valence-corrected chi connectivity index (χ2v) is 5.54. The Morgan fingerprint density at radius 1 is 1.17 bits per heavy atom. The molecule has 0 spiro atoms. The van der Waals surface area contributed by atoms with Crippen LogP contribution < -0.4 is 16.2 Å². The van der Waals surface area contributed by atoms with Crippen molar-refractivity contribution in [2.75, 3.05) is 36.5 Å². The van der Waals surface area contributed by atoms with Crippen LogP contribution in [0.1, 0.15) is 5.56 Å². The number of aromatic nitrogens is 2. The van der Waals surface area contributed by atoms with Gasteiger partial charge in [-0.2, -0.15) is 0 Å². The van der Waals surface area contributed by atoms with E-state index in [1.165, 1.54) is 11.9 Å². The Bertz CT molecular complexity index is 702. The number of nitrogen functional groups attached to an aromatic ring is 1. The van der Waals surface area contributed by atoms with Crippen molar-refractivity contribution in [3.63, 3.8) is 0 Å². The minimum atomic E-state index is -0.499. The van der Waals surface area contributed by atoms with Crippen molar-refractivity contribution in [3.05, 3.63) is 52.3 Å². The highest BCUT2D eigenvalue weighted by molar-refractivity contribution is 5.70. The Balaban J connectivity index is 1.70. The molecule has 0 saturated carbocycles. The van der Waals surface area contributed by atoms with E-state index < -0.39 is 4.92 Å². The normalized spacial score (nSPS) is 15.3. The minimum absolute atomic E-state index is 0.0247. The lowest BCUT2D eigenvalue weighted by Crippen LogP contribution is -2.46. The van der Waals surface area contributed by atoms with Crippen LogP contribution in [0.3, 0.4) is 0 Å². The highest BCUT2D eigenvalue weighted by atomic mass is 16.6. The number of nitrogens with zero attached hydrogens (tertiary/aromatic N) is 5. The van der Waals surface area contributed by atoms with Crippen LogP contribution >= 0.6 is 0 Å². The van der Waals surface area contributed by atoms with Crippen LogP contribution in [0, 0.1) is 10.1 Å². The van der Waals surface area contributed by atoms with Gasteiger partial charge in [0.2, 0.25) is 11.6 Å². The molecule has 9 heteroatoms. The molecule has 126 valence electrons. The van der Waals surface area contributed by atoms with Gasteiger partial charge in [-0.15, -0.1) is 0 Å². The summed E-state index contributed by atoms with van der Waals surface area (Å²) in [7, 11) is 0. The van der Waals surface area contributed by atoms with Gasteiger partial charge in [0, 0.05) is 32.7 Å². The van der Waals surface area contributed by atoms with Crippen molar-refractivity contribution in [2.24, 2.45) is 5.84 Å². The van der Waals surface area contributed by atoms with Gasteiger partial charge in [-0.3, -0.25) is 15.0 Å². The fourth-order valence-corrected chi connectivity index (χ4v) is 2.83. The van der Waals surface area contributed by atoms with Crippen LogP contribution in [0.5, 0.6) is 0 Å². The third-order valence-corrected chi connectivity index (χ3v) is 4.04. The summed E-state index contributed by atoms with van der Waals surface area (Å²) in [6.45, 7) is 3.81. The van der Waals surface area contributed by atoms with E-state index in [1.807, 2.05) is 23.1 Å². The predicted molar refractivity (Wildman–Crippen MR) is 90.4 cm³/mol. The molecule has 2 aromatic rings. The molecule has 24 heavy (non-hydrogen) atoms. The molecule has 9 nitrogen and oxygen atoms in total. The molecule has 0 unspecified atom stereocenters. The zero-order chi connectivity index (χ0) is 16.9. The molecule has 1 aliphatic heterocycles. The van der Waals surface area contributed by atoms with Crippen LogP contribution in [-0.4, -0.2) is 46.0 Å². The van der Waals surface area contributed by atoms with Gasteiger partial charge < -0.3 is 10.3 Å². The van der Waals surface area contributed by atoms with E-state index in [0.29, 0.717) is 18.9 Å². The number of nitrogens with one attached hydrogen (secondary N) is 1. The SMILES string of the molecule is NNc1ncnc(N2CCN(Cc3ccccc3)CC2)c1[N+](=O)[O-]. The lowest BCUT2D eigenvalue weighted by molar-refractivity contribution is -0.383. The Labute approximate surface area is 139 Å². The maximum Gasteiger partial charge on any atom is 0.354 e. The molecule has 3 N–H and O–H groups in total. The number of rotatable bonds is 5. The summed E-state index contributed by atoms with van der Waals surface area (Å²) < 4.78 is 0. The summed E-state index contributed by atoms with van der Waals surface area (Å²) in [5.41, 5.74) is 3.34. The number of hydrogen-bond acceptors (Lipinski definition) is 8. The van der Waals surface area contributed by atoms with Gasteiger partial charge in [-0.1, -0.05) is 30.3 Å². The van der Waals surface area contributed by atoms with Gasteiger partial charge in [-0.25, -0.2) is 15.8 Å². The monoisotopic (exact) mass is 329 g/mol. The maximum atomic E-state index is 11.3. The fraction of sp³-hybridized carbons (Fsp3) is 0.333. The van der Waals surface area contributed by atoms with E-state index in [0.717, 1.165) is 19.6 Å². The zero-order valence-corrected chi connectivity index (χ0v) is 13.1. The molecular formula is C15H19N7O2. The van der Waals surface area contributed by atoms with Crippen molar-refractivity contribution in [1.29, 1.82) is 0 Å². The molecule has 1 aliphatic rings. The highest BCUT2D eigenvalue weighted by Crippen LogP contribution is 2.31. The Hall–Kier alpha value is -2.78. The van der Waals surface area contributed by atoms with Crippen molar-refractivity contribution >= 4 is 17.3 Å². The summed E-state index contributed by atoms with van der Waals surface area (Å²) in [6, 6.07) is 10.2. The van der Waals surface area contributed by atoms with Crippen LogP contribution in [0.2, 0.25) is 0 Å². The summed E-state index contributed by atoms with van der Waals surface area (Å²) in [5, 5.41) is 11.3. The molecule has 0 amide bonds. The van der Waals surface area contributed by atoms with E-state index in [9.17, 15) is 10.1 Å². The Morgan fingerprint density at radius 2 is 1.88 bits per heavy atom. The topological polar surface area (TPSA) is 113 Å². The molecule has 3 rings (SSSR count). The zero-order valence-electron chi connectivity index (χ0n) is 13.1. The molecule has 1 saturated heterocycles. The van der Waals surface area contributed by atoms with E-state index in [-0.39, 0.29) is 11.5 Å². The summed E-state index contributed by atoms with van der Waals surface area (Å²) >= 11 is 0. The van der Waals surface area contributed by atoms with Crippen LogP contribution in [0.25, 0.3) is 0 Å². The first-order valence-electron chi connectivity index (χ1n) is 7.66. The molecule has 1 aromatic heterocycles. The molecule has 1 aromatic carbocycles. The van der Waals surface area contributed by atoms with Crippen LogP contribution in [0.4, 0.5) is 17.3 Å². The first-order chi connectivity index (χ1) is 11.7. The van der Waals surface area contributed by atoms with Gasteiger partial charge in [0.1, 0.15) is 6.33 Å². The van der Waals surface area contributed by atoms with Gasteiger partial charge in [0.25, 0.3) is 0 Å². The fourth-order valence-electron chi connectivity index (χ4n) is 2.83. The van der Waals surface area contributed by atoms with Gasteiger partial charge in [-0.05, 0) is 5.56 Å². The summed E-state index contributed by atoms with van der Waals surface area (Å²) in [6.07, 6.45) is 1.29. The van der Waals surface area contributed by atoms with Gasteiger partial charge in [0.15, 0.2) is 0 Å². The molecular weight excluding hydrogens is 310 g/mol. The third kappa shape index (κ3) is 3.42. The first-order valence-corrected chi connectivity index (χ1v) is 7.66. The van der Waals surface area contributed by atoms with Crippen LogP contribution in [0.15, 0.2) is 36.7 Å². The van der Waals surface area contributed by atoms with Crippen LogP contribution in [-0.2, 0) is 6.54 Å². The minimum Gasteiger partial charge on any atom is -0.348 e. The van der Waals surface area contributed by atoms with E-state index in [1.54, 1.807) is 0 Å². The molecule has 0 aliphatic carbocycles. The van der Waals surface area contributed by atoms with Crippen molar-refractivity contribution in [2.45, 2.75) is 6.54 Å². The number of nitro groups is 1. The lowest BCUT2D eigenvalue weighted by atomic mass is 10.2. The third-order valence-electron chi connectivity index (χ3n) is 4.04. The molecule has 2 heterocycles. The van der Waals surface area contributed by atoms with E-state index in [2.05, 4.69) is 32.4 Å². The Kier molecular flexibility index (Phi) is 4.82. The predicted octanol–water partition coefficient (Wildman–Crippen LogP) is 0.993. The summed E-state index contributed by atoms with van der Waals surface area (Å²) in [5.74, 6) is 5.66. The average Bonchev–Trinajstić information content (AvgIpc) is 2.62. The molecule has 1 fully saturated rings. The maximum absolute atomic E-state index is 11.3. The van der Waals surface area contributed by atoms with E-state index in [4.69, 9.17) is 5.84 Å². The number of piperazine rings is 1. The lowest BCUT2D eigenvalue weighted by Gasteiger charge is -2.35. The number of nitrogens with two attached hydrogens (primary N) is 1. The molecule has 0 atom stereocenters. The second-order valence-electron chi connectivity index (χ2n) is 5.54. The van der Waals surface area contributed by atoms with Crippen molar-refractivity contribution < 1.29 is 4.92 Å². The largest absolute Gasteiger partial charge is 0.354 e. The Morgan fingerprint density at radius 3 is 2.50 bits per heavy atom. The number of benzene rings is 1. The number of hydrogen-bond donors (Lipinski definition) is 2. The second kappa shape index (κ2) is 7.20. The highest BCUT2D eigenvalue weighted by Gasteiger charge is 2.28. The van der Waals surface area contributed by atoms with Gasteiger partial charge in [0.05, 0.1) is 4.92 Å². The number of anilines is 2. The van der Waals surface area contributed by atoms with Crippen molar-refractivity contribution in [1.82, 2.24) is 14.9 Å². The quantitative estimate of drug-likeness (QED) is 0.474.